The predicted molar refractivity (Wildman–Crippen MR) is 128 cm³/mol. The molecule has 1 aromatic carbocycles. The van der Waals surface area contributed by atoms with E-state index in [-0.39, 0.29) is 0 Å². The fourth-order valence-electron chi connectivity index (χ4n) is 4.02. The van der Waals surface area contributed by atoms with Crippen molar-refractivity contribution in [2.75, 3.05) is 70.7 Å². The number of ether oxygens (including phenoxy) is 3. The van der Waals surface area contributed by atoms with Crippen LogP contribution in [0.1, 0.15) is 5.69 Å². The molecule has 3 aromatic rings. The van der Waals surface area contributed by atoms with Gasteiger partial charge in [0.05, 0.1) is 50.3 Å². The fraction of sp³-hybridized carbons (Fsp3) is 0.458. The van der Waals surface area contributed by atoms with Crippen molar-refractivity contribution < 1.29 is 18.6 Å². The molecule has 0 radical (unpaired) electrons. The van der Waals surface area contributed by atoms with Crippen LogP contribution in [0, 0.1) is 0 Å². The van der Waals surface area contributed by atoms with Crippen LogP contribution in [0.5, 0.6) is 6.01 Å². The molecule has 5 rings (SSSR count). The summed E-state index contributed by atoms with van der Waals surface area (Å²) in [6, 6.07) is 9.70. The average Bonchev–Trinajstić information content (AvgIpc) is 2.88. The summed E-state index contributed by atoms with van der Waals surface area (Å²) in [6.07, 6.45) is 1.63. The number of nitrogens with zero attached hydrogens (tertiary/aromatic N) is 5. The molecule has 2 aliphatic rings. The fourth-order valence-corrected chi connectivity index (χ4v) is 4.19. The average molecular weight is 486 g/mol. The Hall–Kier alpha value is -2.72. The van der Waals surface area contributed by atoms with Crippen LogP contribution in [0.2, 0.25) is 5.02 Å². The van der Waals surface area contributed by atoms with Crippen molar-refractivity contribution in [3.8, 4) is 6.01 Å². The van der Waals surface area contributed by atoms with E-state index in [1.807, 2.05) is 24.3 Å². The number of hydrogen-bond donors (Lipinski definition) is 0. The van der Waals surface area contributed by atoms with Crippen LogP contribution in [0.15, 0.2) is 46.0 Å². The van der Waals surface area contributed by atoms with Crippen molar-refractivity contribution in [2.45, 2.75) is 6.54 Å². The van der Waals surface area contributed by atoms with Gasteiger partial charge in [-0.1, -0.05) is 11.6 Å². The first-order chi connectivity index (χ1) is 16.7. The summed E-state index contributed by atoms with van der Waals surface area (Å²) in [5.74, 6) is 0.834. The van der Waals surface area contributed by atoms with Gasteiger partial charge in [-0.3, -0.25) is 9.89 Å². The Labute approximate surface area is 202 Å². The molecule has 2 saturated heterocycles. The number of benzene rings is 1. The maximum atomic E-state index is 6.19. The highest BCUT2D eigenvalue weighted by molar-refractivity contribution is 6.31. The zero-order valence-corrected chi connectivity index (χ0v) is 19.7. The molecule has 180 valence electrons. The smallest absolute Gasteiger partial charge is 0.318 e. The first-order valence-corrected chi connectivity index (χ1v) is 11.9. The molecule has 2 aliphatic heterocycles. The summed E-state index contributed by atoms with van der Waals surface area (Å²) in [4.78, 5) is 18.6. The van der Waals surface area contributed by atoms with Crippen LogP contribution < -0.4 is 15.0 Å². The topological polar surface area (TPSA) is 85.5 Å². The second kappa shape index (κ2) is 11.1. The highest BCUT2D eigenvalue weighted by Crippen LogP contribution is 2.19. The second-order valence-corrected chi connectivity index (χ2v) is 8.60. The van der Waals surface area contributed by atoms with Crippen molar-refractivity contribution in [3.05, 3.63) is 52.7 Å². The summed E-state index contributed by atoms with van der Waals surface area (Å²) >= 11 is 6.19. The summed E-state index contributed by atoms with van der Waals surface area (Å²) in [5, 5.41) is 2.29. The summed E-state index contributed by atoms with van der Waals surface area (Å²) in [5.41, 5.74) is 1.52. The van der Waals surface area contributed by atoms with E-state index in [1.54, 1.807) is 12.3 Å². The van der Waals surface area contributed by atoms with Crippen molar-refractivity contribution in [2.24, 2.45) is 4.99 Å². The van der Waals surface area contributed by atoms with Gasteiger partial charge in [-0.05, 0) is 24.3 Å². The minimum absolute atomic E-state index is 0.374. The lowest BCUT2D eigenvalue weighted by atomic mass is 10.2. The van der Waals surface area contributed by atoms with E-state index in [2.05, 4.69) is 19.8 Å². The lowest BCUT2D eigenvalue weighted by Crippen LogP contribution is -2.39. The van der Waals surface area contributed by atoms with Crippen molar-refractivity contribution in [3.63, 3.8) is 0 Å². The lowest BCUT2D eigenvalue weighted by molar-refractivity contribution is 0.0317. The van der Waals surface area contributed by atoms with Gasteiger partial charge in [-0.15, -0.1) is 0 Å². The third kappa shape index (κ3) is 5.85. The number of hydrogen-bond acceptors (Lipinski definition) is 9. The quantitative estimate of drug-likeness (QED) is 0.504. The van der Waals surface area contributed by atoms with E-state index in [4.69, 9.17) is 35.2 Å². The molecule has 2 fully saturated rings. The Kier molecular flexibility index (Phi) is 7.55. The van der Waals surface area contributed by atoms with Crippen LogP contribution in [-0.2, 0) is 16.0 Å². The summed E-state index contributed by atoms with van der Waals surface area (Å²) in [6.45, 7) is 8.00. The molecule has 0 spiro atoms. The largest absolute Gasteiger partial charge is 0.464 e. The normalized spacial score (nSPS) is 17.9. The number of rotatable bonds is 7. The van der Waals surface area contributed by atoms with E-state index in [0.717, 1.165) is 73.8 Å². The van der Waals surface area contributed by atoms with Gasteiger partial charge in [0.25, 0.3) is 0 Å². The molecule has 9 nitrogen and oxygen atoms in total. The molecule has 4 heterocycles. The number of fused-ring (bicyclic) bond motifs is 1. The molecule has 0 amide bonds. The van der Waals surface area contributed by atoms with E-state index < -0.39 is 0 Å². The SMILES string of the molecule is Clc1ccc2occc(=NCc3cc(N4CCOCC4)nc(OCCN4CCOCC4)n3)c2c1. The van der Waals surface area contributed by atoms with E-state index >= 15 is 0 Å². The highest BCUT2D eigenvalue weighted by atomic mass is 35.5. The zero-order chi connectivity index (χ0) is 23.2. The van der Waals surface area contributed by atoms with Crippen LogP contribution in [0.4, 0.5) is 5.82 Å². The molecule has 0 atom stereocenters. The van der Waals surface area contributed by atoms with Gasteiger partial charge in [-0.25, -0.2) is 0 Å². The molecule has 0 unspecified atom stereocenters. The standard InChI is InChI=1S/C24H28ClN5O4/c25-18-1-2-22-20(15-18)21(3-9-33-22)26-17-19-16-23(30-7-12-32-13-8-30)28-24(27-19)34-14-6-29-4-10-31-11-5-29/h1-3,9,15-16H,4-8,10-14,17H2. The highest BCUT2D eigenvalue weighted by Gasteiger charge is 2.16. The van der Waals surface area contributed by atoms with E-state index in [9.17, 15) is 0 Å². The third-order valence-corrected chi connectivity index (χ3v) is 6.11. The van der Waals surface area contributed by atoms with Gasteiger partial charge in [0.15, 0.2) is 0 Å². The summed E-state index contributed by atoms with van der Waals surface area (Å²) in [7, 11) is 0. The molecule has 2 aromatic heterocycles. The predicted octanol–water partition coefficient (Wildman–Crippen LogP) is 2.52. The maximum absolute atomic E-state index is 6.19. The van der Waals surface area contributed by atoms with Gasteiger partial charge in [0.2, 0.25) is 0 Å². The molecule has 0 saturated carbocycles. The molecule has 0 N–H and O–H groups in total. The maximum Gasteiger partial charge on any atom is 0.318 e. The molecular formula is C24H28ClN5O4. The number of morpholine rings is 2. The molecule has 34 heavy (non-hydrogen) atoms. The minimum Gasteiger partial charge on any atom is -0.464 e. The number of halogens is 1. The van der Waals surface area contributed by atoms with Crippen molar-refractivity contribution in [1.82, 2.24) is 14.9 Å². The van der Waals surface area contributed by atoms with Crippen LogP contribution >= 0.6 is 11.6 Å². The monoisotopic (exact) mass is 485 g/mol. The minimum atomic E-state index is 0.374. The third-order valence-electron chi connectivity index (χ3n) is 5.87. The van der Waals surface area contributed by atoms with E-state index in [0.29, 0.717) is 37.4 Å². The van der Waals surface area contributed by atoms with Crippen LogP contribution in [0.25, 0.3) is 11.0 Å². The number of anilines is 1. The Bertz CT molecular complexity index is 1180. The van der Waals surface area contributed by atoms with Gasteiger partial charge >= 0.3 is 6.01 Å². The van der Waals surface area contributed by atoms with Gasteiger partial charge in [0.1, 0.15) is 18.0 Å². The first kappa shape index (κ1) is 23.0. The molecule has 0 bridgehead atoms. The van der Waals surface area contributed by atoms with E-state index in [1.165, 1.54) is 0 Å². The Balaban J connectivity index is 1.37. The summed E-state index contributed by atoms with van der Waals surface area (Å²) < 4.78 is 22.5. The van der Waals surface area contributed by atoms with Crippen LogP contribution in [-0.4, -0.2) is 80.6 Å². The van der Waals surface area contributed by atoms with Gasteiger partial charge in [0, 0.05) is 49.2 Å². The Morgan fingerprint density at radius 3 is 2.59 bits per heavy atom. The van der Waals surface area contributed by atoms with Crippen molar-refractivity contribution >= 4 is 28.4 Å². The van der Waals surface area contributed by atoms with Gasteiger partial charge in [-0.2, -0.15) is 9.97 Å². The van der Waals surface area contributed by atoms with Crippen molar-refractivity contribution in [1.29, 1.82) is 0 Å². The Morgan fingerprint density at radius 1 is 0.971 bits per heavy atom. The second-order valence-electron chi connectivity index (χ2n) is 8.16. The molecular weight excluding hydrogens is 458 g/mol. The number of aromatic nitrogens is 2. The molecule has 10 heteroatoms. The molecule has 0 aliphatic carbocycles. The first-order valence-electron chi connectivity index (χ1n) is 11.6. The zero-order valence-electron chi connectivity index (χ0n) is 19.0. The lowest BCUT2D eigenvalue weighted by Gasteiger charge is -2.28. The van der Waals surface area contributed by atoms with Crippen LogP contribution in [0.3, 0.4) is 0 Å². The Morgan fingerprint density at radius 2 is 1.76 bits per heavy atom. The van der Waals surface area contributed by atoms with Gasteiger partial charge < -0.3 is 23.5 Å².